The molecule has 2 unspecified atom stereocenters. The minimum Gasteiger partial charge on any atom is -0.396 e. The molecule has 2 N–H and O–H groups in total. The van der Waals surface area contributed by atoms with E-state index in [0.29, 0.717) is 12.0 Å². The Kier molecular flexibility index (Phi) is 5.24. The van der Waals surface area contributed by atoms with Crippen molar-refractivity contribution in [1.82, 2.24) is 10.3 Å². The predicted molar refractivity (Wildman–Crippen MR) is 91.4 cm³/mol. The third kappa shape index (κ3) is 3.57. The summed E-state index contributed by atoms with van der Waals surface area (Å²) in [5.74, 6) is 0.366. The summed E-state index contributed by atoms with van der Waals surface area (Å²) in [4.78, 5) is 6.09. The molecular formula is C18H24N2OS. The molecule has 2 atom stereocenters. The summed E-state index contributed by atoms with van der Waals surface area (Å²) < 4.78 is 0. The van der Waals surface area contributed by atoms with Gasteiger partial charge in [0.2, 0.25) is 0 Å². The number of thiazole rings is 1. The van der Waals surface area contributed by atoms with Gasteiger partial charge in [-0.2, -0.15) is 0 Å². The summed E-state index contributed by atoms with van der Waals surface area (Å²) in [7, 11) is 0. The van der Waals surface area contributed by atoms with Gasteiger partial charge in [-0.3, -0.25) is 0 Å². The second-order valence-corrected chi connectivity index (χ2v) is 7.25. The first-order valence-electron chi connectivity index (χ1n) is 8.13. The maximum absolute atomic E-state index is 9.36. The molecule has 0 saturated carbocycles. The van der Waals surface area contributed by atoms with Gasteiger partial charge in [-0.1, -0.05) is 30.3 Å². The molecule has 0 radical (unpaired) electrons. The first-order valence-corrected chi connectivity index (χ1v) is 8.95. The van der Waals surface area contributed by atoms with E-state index in [4.69, 9.17) is 0 Å². The number of aromatic nitrogens is 1. The number of aryl methyl sites for hydroxylation is 2. The van der Waals surface area contributed by atoms with Crippen LogP contribution in [0.25, 0.3) is 0 Å². The van der Waals surface area contributed by atoms with E-state index in [1.807, 2.05) is 17.4 Å². The monoisotopic (exact) mass is 316 g/mol. The Hall–Kier alpha value is -1.23. The predicted octanol–water partition coefficient (Wildman–Crippen LogP) is 3.58. The van der Waals surface area contributed by atoms with Crippen molar-refractivity contribution in [2.24, 2.45) is 0 Å². The van der Waals surface area contributed by atoms with Gasteiger partial charge in [0.15, 0.2) is 0 Å². The van der Waals surface area contributed by atoms with Gasteiger partial charge in [0.25, 0.3) is 0 Å². The molecule has 0 spiro atoms. The maximum Gasteiger partial charge on any atom is 0.0900 e. The minimum absolute atomic E-state index is 0.233. The first-order chi connectivity index (χ1) is 10.8. The zero-order valence-electron chi connectivity index (χ0n) is 13.1. The van der Waals surface area contributed by atoms with E-state index in [9.17, 15) is 5.11 Å². The molecule has 0 saturated heterocycles. The number of nitrogens with one attached hydrogen (secondary N) is 1. The van der Waals surface area contributed by atoms with Gasteiger partial charge in [-0.15, -0.1) is 11.3 Å². The van der Waals surface area contributed by atoms with Crippen LogP contribution in [0.1, 0.15) is 52.4 Å². The fourth-order valence-electron chi connectivity index (χ4n) is 3.29. The summed E-state index contributed by atoms with van der Waals surface area (Å²) in [6, 6.07) is 10.9. The molecule has 3 nitrogen and oxygen atoms in total. The Morgan fingerprint density at radius 3 is 2.95 bits per heavy atom. The van der Waals surface area contributed by atoms with E-state index in [0.717, 1.165) is 19.4 Å². The Balaban J connectivity index is 1.68. The van der Waals surface area contributed by atoms with Crippen LogP contribution in [0.5, 0.6) is 0 Å². The molecule has 2 aromatic rings. The van der Waals surface area contributed by atoms with Crippen molar-refractivity contribution >= 4 is 11.3 Å². The highest BCUT2D eigenvalue weighted by Crippen LogP contribution is 2.34. The van der Waals surface area contributed by atoms with Gasteiger partial charge >= 0.3 is 0 Å². The number of aliphatic hydroxyl groups excluding tert-OH is 1. The molecule has 0 bridgehead atoms. The Labute approximate surface area is 136 Å². The number of nitrogens with zero attached hydrogens (tertiary/aromatic N) is 1. The number of rotatable bonds is 6. The van der Waals surface area contributed by atoms with Crippen molar-refractivity contribution < 1.29 is 5.11 Å². The summed E-state index contributed by atoms with van der Waals surface area (Å²) in [5.41, 5.74) is 2.60. The van der Waals surface area contributed by atoms with Crippen molar-refractivity contribution in [2.45, 2.75) is 44.6 Å². The van der Waals surface area contributed by atoms with Crippen molar-refractivity contribution in [1.29, 1.82) is 0 Å². The summed E-state index contributed by atoms with van der Waals surface area (Å²) in [5, 5.41) is 14.3. The van der Waals surface area contributed by atoms with Gasteiger partial charge in [0.05, 0.1) is 10.7 Å². The van der Waals surface area contributed by atoms with Crippen molar-refractivity contribution in [2.75, 3.05) is 13.2 Å². The second kappa shape index (κ2) is 7.36. The number of fused-ring (bicyclic) bond motifs is 1. The molecule has 22 heavy (non-hydrogen) atoms. The van der Waals surface area contributed by atoms with Crippen LogP contribution in [0.4, 0.5) is 0 Å². The molecule has 1 aliphatic rings. The highest BCUT2D eigenvalue weighted by molar-refractivity contribution is 7.11. The highest BCUT2D eigenvalue weighted by atomic mass is 32.1. The first kappa shape index (κ1) is 15.7. The fraction of sp³-hybridized carbons (Fsp3) is 0.500. The number of aliphatic hydroxyl groups is 1. The zero-order valence-corrected chi connectivity index (χ0v) is 13.9. The minimum atomic E-state index is 0.233. The maximum atomic E-state index is 9.36. The molecule has 1 aliphatic carbocycles. The number of hydrogen-bond donors (Lipinski definition) is 2. The van der Waals surface area contributed by atoms with E-state index in [1.54, 1.807) is 0 Å². The van der Waals surface area contributed by atoms with Crippen LogP contribution in [0.3, 0.4) is 0 Å². The number of hydrogen-bond acceptors (Lipinski definition) is 4. The fourth-order valence-corrected chi connectivity index (χ4v) is 4.37. The smallest absolute Gasteiger partial charge is 0.0900 e. The van der Waals surface area contributed by atoms with Crippen LogP contribution in [-0.2, 0) is 6.42 Å². The van der Waals surface area contributed by atoms with Crippen molar-refractivity contribution in [3.05, 3.63) is 51.5 Å². The van der Waals surface area contributed by atoms with Crippen LogP contribution in [0.2, 0.25) is 0 Å². The highest BCUT2D eigenvalue weighted by Gasteiger charge is 2.24. The summed E-state index contributed by atoms with van der Waals surface area (Å²) in [6.07, 6.45) is 4.33. The van der Waals surface area contributed by atoms with E-state index >= 15 is 0 Å². The topological polar surface area (TPSA) is 45.2 Å². The molecule has 1 aromatic carbocycles. The molecule has 118 valence electrons. The molecule has 3 rings (SSSR count). The van der Waals surface area contributed by atoms with Gasteiger partial charge in [-0.05, 0) is 44.1 Å². The SMILES string of the molecule is Cc1nc2c(s1)C(NCC(CCO)c1ccccc1)CCC2. The molecule has 0 fully saturated rings. The average Bonchev–Trinajstić information content (AvgIpc) is 2.93. The lowest BCUT2D eigenvalue weighted by atomic mass is 9.94. The van der Waals surface area contributed by atoms with Crippen molar-refractivity contribution in [3.63, 3.8) is 0 Å². The normalized spacial score (nSPS) is 18.9. The Bertz CT molecular complexity index is 596. The van der Waals surface area contributed by atoms with Crippen LogP contribution < -0.4 is 5.32 Å². The van der Waals surface area contributed by atoms with Gasteiger partial charge in [-0.25, -0.2) is 4.98 Å². The summed E-state index contributed by atoms with van der Waals surface area (Å²) in [6.45, 7) is 3.24. The molecule has 0 aliphatic heterocycles. The number of benzene rings is 1. The van der Waals surface area contributed by atoms with Crippen LogP contribution in [-0.4, -0.2) is 23.2 Å². The van der Waals surface area contributed by atoms with Crippen LogP contribution in [0, 0.1) is 6.92 Å². The lowest BCUT2D eigenvalue weighted by Gasteiger charge is -2.25. The third-order valence-corrected chi connectivity index (χ3v) is 5.54. The largest absolute Gasteiger partial charge is 0.396 e. The van der Waals surface area contributed by atoms with Gasteiger partial charge in [0, 0.05) is 24.1 Å². The lowest BCUT2D eigenvalue weighted by molar-refractivity contribution is 0.271. The van der Waals surface area contributed by atoms with Gasteiger partial charge in [0.1, 0.15) is 0 Å². The van der Waals surface area contributed by atoms with E-state index in [-0.39, 0.29) is 6.61 Å². The van der Waals surface area contributed by atoms with Crippen LogP contribution in [0.15, 0.2) is 30.3 Å². The molecular weight excluding hydrogens is 292 g/mol. The Morgan fingerprint density at radius 2 is 2.18 bits per heavy atom. The third-order valence-electron chi connectivity index (χ3n) is 4.42. The van der Waals surface area contributed by atoms with E-state index in [1.165, 1.54) is 34.0 Å². The lowest BCUT2D eigenvalue weighted by Crippen LogP contribution is -2.29. The standard InChI is InChI=1S/C18H24N2OS/c1-13-20-17-9-5-8-16(18(17)22-13)19-12-15(10-11-21)14-6-3-2-4-7-14/h2-4,6-7,15-16,19,21H,5,8-12H2,1H3. The molecule has 1 aromatic heterocycles. The second-order valence-electron chi connectivity index (χ2n) is 6.02. The molecule has 1 heterocycles. The van der Waals surface area contributed by atoms with Crippen LogP contribution >= 0.6 is 11.3 Å². The van der Waals surface area contributed by atoms with Gasteiger partial charge < -0.3 is 10.4 Å². The van der Waals surface area contributed by atoms with E-state index in [2.05, 4.69) is 41.5 Å². The molecule has 0 amide bonds. The summed E-state index contributed by atoms with van der Waals surface area (Å²) >= 11 is 1.84. The van der Waals surface area contributed by atoms with E-state index < -0.39 is 0 Å². The zero-order chi connectivity index (χ0) is 15.4. The quantitative estimate of drug-likeness (QED) is 0.856. The van der Waals surface area contributed by atoms with Crippen molar-refractivity contribution in [3.8, 4) is 0 Å². The average molecular weight is 316 g/mol. The Morgan fingerprint density at radius 1 is 1.36 bits per heavy atom. The molecule has 4 heteroatoms.